The highest BCUT2D eigenvalue weighted by atomic mass is 16.4. The molecule has 88 valence electrons. The molecule has 0 aliphatic carbocycles. The van der Waals surface area contributed by atoms with E-state index in [2.05, 4.69) is 4.98 Å². The molecule has 0 aliphatic rings. The summed E-state index contributed by atoms with van der Waals surface area (Å²) in [7, 11) is 1.81. The van der Waals surface area contributed by atoms with Crippen LogP contribution in [0.15, 0.2) is 18.2 Å². The number of likely N-dealkylation sites (N-methyl/N-ethyl adjacent to an activating group) is 1. The van der Waals surface area contributed by atoms with Crippen LogP contribution in [0.4, 0.5) is 0 Å². The minimum atomic E-state index is -0.780. The first-order chi connectivity index (χ1) is 7.54. The highest BCUT2D eigenvalue weighted by molar-refractivity contribution is 5.73. The number of pyridine rings is 1. The zero-order chi connectivity index (χ0) is 12.1. The van der Waals surface area contributed by atoms with E-state index in [0.29, 0.717) is 13.0 Å². The molecule has 0 aliphatic heterocycles. The Balaban J connectivity index is 2.69. The summed E-state index contributed by atoms with van der Waals surface area (Å²) in [6, 6.07) is 5.34. The molecule has 0 radical (unpaired) electrons. The standard InChI is InChI=1S/C12H18N2O2/c1-4-11(12(15)16)14(3)8-10-7-5-6-9(2)13-10/h5-7,11H,4,8H2,1-3H3,(H,15,16). The van der Waals surface area contributed by atoms with E-state index in [1.165, 1.54) is 0 Å². The number of aromatic nitrogens is 1. The fraction of sp³-hybridized carbons (Fsp3) is 0.500. The molecule has 0 fully saturated rings. The van der Waals surface area contributed by atoms with Crippen LogP contribution in [-0.2, 0) is 11.3 Å². The highest BCUT2D eigenvalue weighted by Gasteiger charge is 2.20. The van der Waals surface area contributed by atoms with Gasteiger partial charge in [-0.25, -0.2) is 0 Å². The maximum atomic E-state index is 11.0. The van der Waals surface area contributed by atoms with Crippen molar-refractivity contribution in [2.24, 2.45) is 0 Å². The van der Waals surface area contributed by atoms with Gasteiger partial charge in [0.05, 0.1) is 5.69 Å². The molecule has 0 bridgehead atoms. The molecule has 16 heavy (non-hydrogen) atoms. The molecule has 4 nitrogen and oxygen atoms in total. The van der Waals surface area contributed by atoms with Gasteiger partial charge in [-0.15, -0.1) is 0 Å². The molecule has 0 saturated heterocycles. The summed E-state index contributed by atoms with van der Waals surface area (Å²) in [5, 5.41) is 9.01. The Labute approximate surface area is 95.9 Å². The van der Waals surface area contributed by atoms with Crippen molar-refractivity contribution in [3.63, 3.8) is 0 Å². The minimum absolute atomic E-state index is 0.442. The Bertz CT molecular complexity index is 366. The van der Waals surface area contributed by atoms with Crippen molar-refractivity contribution in [1.29, 1.82) is 0 Å². The smallest absolute Gasteiger partial charge is 0.320 e. The quantitative estimate of drug-likeness (QED) is 0.823. The van der Waals surface area contributed by atoms with E-state index in [-0.39, 0.29) is 0 Å². The van der Waals surface area contributed by atoms with E-state index in [0.717, 1.165) is 11.4 Å². The van der Waals surface area contributed by atoms with Gasteiger partial charge in [-0.2, -0.15) is 0 Å². The molecular formula is C12H18N2O2. The lowest BCUT2D eigenvalue weighted by molar-refractivity contribution is -0.143. The molecule has 0 spiro atoms. The van der Waals surface area contributed by atoms with Gasteiger partial charge in [0.2, 0.25) is 0 Å². The van der Waals surface area contributed by atoms with Crippen molar-refractivity contribution in [3.05, 3.63) is 29.6 Å². The Morgan fingerprint density at radius 1 is 1.56 bits per heavy atom. The third-order valence-electron chi connectivity index (χ3n) is 2.56. The summed E-state index contributed by atoms with van der Waals surface area (Å²) in [5.74, 6) is -0.780. The van der Waals surface area contributed by atoms with E-state index in [9.17, 15) is 4.79 Å². The molecule has 1 rings (SSSR count). The first-order valence-electron chi connectivity index (χ1n) is 5.40. The summed E-state index contributed by atoms with van der Waals surface area (Å²) in [5.41, 5.74) is 1.86. The number of aliphatic carboxylic acids is 1. The largest absolute Gasteiger partial charge is 0.480 e. The van der Waals surface area contributed by atoms with Crippen LogP contribution in [0.5, 0.6) is 0 Å². The second kappa shape index (κ2) is 5.61. The Morgan fingerprint density at radius 3 is 2.75 bits per heavy atom. The van der Waals surface area contributed by atoms with Gasteiger partial charge in [0.25, 0.3) is 0 Å². The Morgan fingerprint density at radius 2 is 2.25 bits per heavy atom. The van der Waals surface area contributed by atoms with E-state index >= 15 is 0 Å². The van der Waals surface area contributed by atoms with Crippen molar-refractivity contribution >= 4 is 5.97 Å². The molecule has 1 aromatic heterocycles. The summed E-state index contributed by atoms with van der Waals surface area (Å²) in [6.07, 6.45) is 0.595. The van der Waals surface area contributed by atoms with E-state index in [4.69, 9.17) is 5.11 Å². The van der Waals surface area contributed by atoms with Crippen LogP contribution in [0.3, 0.4) is 0 Å². The van der Waals surface area contributed by atoms with Crippen LogP contribution in [0.1, 0.15) is 24.7 Å². The lowest BCUT2D eigenvalue weighted by Crippen LogP contribution is -2.37. The first-order valence-corrected chi connectivity index (χ1v) is 5.40. The molecule has 1 aromatic rings. The van der Waals surface area contributed by atoms with E-state index < -0.39 is 12.0 Å². The van der Waals surface area contributed by atoms with Crippen LogP contribution < -0.4 is 0 Å². The van der Waals surface area contributed by atoms with Crippen molar-refractivity contribution in [3.8, 4) is 0 Å². The Kier molecular flexibility index (Phi) is 4.43. The lowest BCUT2D eigenvalue weighted by atomic mass is 10.2. The maximum absolute atomic E-state index is 11.0. The number of carbonyl (C=O) groups is 1. The molecule has 0 amide bonds. The van der Waals surface area contributed by atoms with Crippen LogP contribution in [0.2, 0.25) is 0 Å². The average molecular weight is 222 g/mol. The molecule has 1 heterocycles. The van der Waals surface area contributed by atoms with Crippen LogP contribution >= 0.6 is 0 Å². The van der Waals surface area contributed by atoms with Gasteiger partial charge in [-0.3, -0.25) is 14.7 Å². The van der Waals surface area contributed by atoms with Crippen LogP contribution in [0.25, 0.3) is 0 Å². The molecule has 4 heteroatoms. The Hall–Kier alpha value is -1.42. The fourth-order valence-electron chi connectivity index (χ4n) is 1.73. The second-order valence-corrected chi connectivity index (χ2v) is 3.95. The maximum Gasteiger partial charge on any atom is 0.320 e. The summed E-state index contributed by atoms with van der Waals surface area (Å²) in [4.78, 5) is 17.1. The minimum Gasteiger partial charge on any atom is -0.480 e. The lowest BCUT2D eigenvalue weighted by Gasteiger charge is -2.22. The SMILES string of the molecule is CCC(C(=O)O)N(C)Cc1cccc(C)n1. The first kappa shape index (κ1) is 12.6. The number of nitrogens with zero attached hydrogens (tertiary/aromatic N) is 2. The van der Waals surface area contributed by atoms with Gasteiger partial charge >= 0.3 is 5.97 Å². The number of carboxylic acid groups (broad SMARTS) is 1. The highest BCUT2D eigenvalue weighted by Crippen LogP contribution is 2.07. The van der Waals surface area contributed by atoms with Crippen LogP contribution in [-0.4, -0.2) is 34.0 Å². The van der Waals surface area contributed by atoms with Crippen molar-refractivity contribution in [1.82, 2.24) is 9.88 Å². The van der Waals surface area contributed by atoms with Crippen molar-refractivity contribution in [2.75, 3.05) is 7.05 Å². The van der Waals surface area contributed by atoms with E-state index in [1.54, 1.807) is 0 Å². The fourth-order valence-corrected chi connectivity index (χ4v) is 1.73. The number of hydrogen-bond donors (Lipinski definition) is 1. The monoisotopic (exact) mass is 222 g/mol. The predicted molar refractivity (Wildman–Crippen MR) is 62.2 cm³/mol. The number of aryl methyl sites for hydroxylation is 1. The predicted octanol–water partition coefficient (Wildman–Crippen LogP) is 1.69. The van der Waals surface area contributed by atoms with Gasteiger partial charge in [0.15, 0.2) is 0 Å². The molecule has 0 saturated carbocycles. The van der Waals surface area contributed by atoms with Gasteiger partial charge in [0.1, 0.15) is 6.04 Å². The molecule has 1 unspecified atom stereocenters. The second-order valence-electron chi connectivity index (χ2n) is 3.95. The molecule has 1 atom stereocenters. The summed E-state index contributed by atoms with van der Waals surface area (Å²) in [6.45, 7) is 4.36. The summed E-state index contributed by atoms with van der Waals surface area (Å²) >= 11 is 0. The van der Waals surface area contributed by atoms with Gasteiger partial charge in [0, 0.05) is 12.2 Å². The zero-order valence-corrected chi connectivity index (χ0v) is 9.97. The molecule has 0 aromatic carbocycles. The van der Waals surface area contributed by atoms with E-state index in [1.807, 2.05) is 44.0 Å². The van der Waals surface area contributed by atoms with Crippen molar-refractivity contribution < 1.29 is 9.90 Å². The third-order valence-corrected chi connectivity index (χ3v) is 2.56. The van der Waals surface area contributed by atoms with Gasteiger partial charge in [-0.05, 0) is 32.5 Å². The van der Waals surface area contributed by atoms with Gasteiger partial charge in [-0.1, -0.05) is 13.0 Å². The number of rotatable bonds is 5. The number of hydrogen-bond acceptors (Lipinski definition) is 3. The van der Waals surface area contributed by atoms with Crippen LogP contribution in [0, 0.1) is 6.92 Å². The zero-order valence-electron chi connectivity index (χ0n) is 9.97. The third kappa shape index (κ3) is 3.31. The molecule has 1 N–H and O–H groups in total. The average Bonchev–Trinajstić information content (AvgIpc) is 2.17. The number of carboxylic acids is 1. The topological polar surface area (TPSA) is 53.4 Å². The van der Waals surface area contributed by atoms with Gasteiger partial charge < -0.3 is 5.11 Å². The normalized spacial score (nSPS) is 12.8. The van der Waals surface area contributed by atoms with Crippen molar-refractivity contribution in [2.45, 2.75) is 32.9 Å². The summed E-state index contributed by atoms with van der Waals surface area (Å²) < 4.78 is 0. The molecular weight excluding hydrogens is 204 g/mol.